The number of carbonyl (C=O) groups excluding carboxylic acids is 2. The minimum absolute atomic E-state index is 0.0446. The molecule has 0 radical (unpaired) electrons. The van der Waals surface area contributed by atoms with E-state index >= 15 is 0 Å². The molecule has 0 aliphatic carbocycles. The number of urea groups is 1. The van der Waals surface area contributed by atoms with Gasteiger partial charge in [0.1, 0.15) is 0 Å². The molecule has 3 N–H and O–H groups in total. The van der Waals surface area contributed by atoms with Crippen LogP contribution in [0.25, 0.3) is 11.1 Å². The van der Waals surface area contributed by atoms with E-state index in [0.29, 0.717) is 11.3 Å². The average Bonchev–Trinajstić information content (AvgIpc) is 2.74. The van der Waals surface area contributed by atoms with Gasteiger partial charge < -0.3 is 16.0 Å². The van der Waals surface area contributed by atoms with Gasteiger partial charge in [-0.15, -0.1) is 0 Å². The lowest BCUT2D eigenvalue weighted by molar-refractivity contribution is -0.137. The first-order valence-corrected chi connectivity index (χ1v) is 9.42. The number of hydrogen-bond donors (Lipinski definition) is 3. The van der Waals surface area contributed by atoms with Gasteiger partial charge in [0.25, 0.3) is 5.91 Å². The average molecular weight is 448 g/mol. The van der Waals surface area contributed by atoms with Gasteiger partial charge in [-0.3, -0.25) is 4.79 Å². The fourth-order valence-electron chi connectivity index (χ4n) is 2.84. The third-order valence-corrected chi connectivity index (χ3v) is 4.69. The van der Waals surface area contributed by atoms with Crippen LogP contribution in [0.1, 0.15) is 15.9 Å². The normalized spacial score (nSPS) is 11.0. The molecule has 31 heavy (non-hydrogen) atoms. The van der Waals surface area contributed by atoms with Crippen molar-refractivity contribution >= 4 is 34.9 Å². The highest BCUT2D eigenvalue weighted by Crippen LogP contribution is 2.36. The fourth-order valence-corrected chi connectivity index (χ4v) is 3.07. The predicted octanol–water partition coefficient (Wildman–Crippen LogP) is 6.03. The monoisotopic (exact) mass is 447 g/mol. The molecule has 3 rings (SSSR count). The second-order valence-corrected chi connectivity index (χ2v) is 6.92. The van der Waals surface area contributed by atoms with E-state index in [1.807, 2.05) is 6.07 Å². The summed E-state index contributed by atoms with van der Waals surface area (Å²) >= 11 is 5.58. The maximum absolute atomic E-state index is 12.9. The van der Waals surface area contributed by atoms with Gasteiger partial charge in [0.2, 0.25) is 0 Å². The summed E-state index contributed by atoms with van der Waals surface area (Å²) in [6.45, 7) is 0. The Balaban J connectivity index is 1.69. The highest BCUT2D eigenvalue weighted by Gasteiger charge is 2.33. The van der Waals surface area contributed by atoms with E-state index in [0.717, 1.165) is 23.3 Å². The van der Waals surface area contributed by atoms with Crippen LogP contribution in [0, 0.1) is 0 Å². The van der Waals surface area contributed by atoms with Crippen molar-refractivity contribution in [3.8, 4) is 11.1 Å². The number of carbonyl (C=O) groups is 2. The van der Waals surface area contributed by atoms with Crippen molar-refractivity contribution in [2.75, 3.05) is 17.7 Å². The molecule has 3 aromatic carbocycles. The van der Waals surface area contributed by atoms with Crippen LogP contribution in [0.3, 0.4) is 0 Å². The van der Waals surface area contributed by atoms with Crippen molar-refractivity contribution < 1.29 is 22.8 Å². The molecular formula is C22H17ClF3N3O2. The van der Waals surface area contributed by atoms with E-state index in [1.165, 1.54) is 6.07 Å². The summed E-state index contributed by atoms with van der Waals surface area (Å²) in [6.07, 6.45) is -4.63. The number of alkyl halides is 3. The zero-order valence-corrected chi connectivity index (χ0v) is 16.9. The minimum Gasteiger partial charge on any atom is -0.355 e. The Morgan fingerprint density at radius 3 is 2.13 bits per heavy atom. The SMILES string of the molecule is CNC(=O)c1cccc(-c2ccc(NC(=O)Nc3ccc(Cl)c(C(F)(F)F)c3)cc2)c1. The fraction of sp³-hybridized carbons (Fsp3) is 0.0909. The van der Waals surface area contributed by atoms with Crippen LogP contribution >= 0.6 is 11.6 Å². The van der Waals surface area contributed by atoms with E-state index in [-0.39, 0.29) is 11.6 Å². The zero-order chi connectivity index (χ0) is 22.6. The van der Waals surface area contributed by atoms with Crippen LogP contribution in [0.2, 0.25) is 5.02 Å². The van der Waals surface area contributed by atoms with Gasteiger partial charge in [0.05, 0.1) is 10.6 Å². The first-order chi connectivity index (χ1) is 14.7. The maximum Gasteiger partial charge on any atom is 0.417 e. The lowest BCUT2D eigenvalue weighted by Crippen LogP contribution is -2.19. The van der Waals surface area contributed by atoms with Crippen LogP contribution in [-0.4, -0.2) is 19.0 Å². The second kappa shape index (κ2) is 9.09. The first kappa shape index (κ1) is 22.2. The molecule has 0 bridgehead atoms. The molecule has 3 amide bonds. The summed E-state index contributed by atoms with van der Waals surface area (Å²) in [6, 6.07) is 16.3. The number of nitrogens with one attached hydrogen (secondary N) is 3. The zero-order valence-electron chi connectivity index (χ0n) is 16.2. The van der Waals surface area contributed by atoms with Crippen molar-refractivity contribution in [3.05, 3.63) is 82.9 Å². The lowest BCUT2D eigenvalue weighted by Gasteiger charge is -2.12. The van der Waals surface area contributed by atoms with Crippen molar-refractivity contribution in [3.63, 3.8) is 0 Å². The van der Waals surface area contributed by atoms with Crippen LogP contribution in [0.5, 0.6) is 0 Å². The molecule has 9 heteroatoms. The summed E-state index contributed by atoms with van der Waals surface area (Å²) in [7, 11) is 1.55. The van der Waals surface area contributed by atoms with E-state index in [9.17, 15) is 22.8 Å². The van der Waals surface area contributed by atoms with Crippen LogP contribution < -0.4 is 16.0 Å². The molecular weight excluding hydrogens is 431 g/mol. The molecule has 0 aliphatic rings. The van der Waals surface area contributed by atoms with Crippen LogP contribution in [0.4, 0.5) is 29.3 Å². The van der Waals surface area contributed by atoms with Gasteiger partial charge in [-0.1, -0.05) is 35.9 Å². The van der Waals surface area contributed by atoms with Gasteiger partial charge in [-0.25, -0.2) is 4.79 Å². The largest absolute Gasteiger partial charge is 0.417 e. The third-order valence-electron chi connectivity index (χ3n) is 4.36. The Bertz CT molecular complexity index is 1120. The molecule has 3 aromatic rings. The summed E-state index contributed by atoms with van der Waals surface area (Å²) in [5.74, 6) is -0.201. The Labute approximate surface area is 181 Å². The van der Waals surface area contributed by atoms with Gasteiger partial charge >= 0.3 is 12.2 Å². The Morgan fingerprint density at radius 1 is 0.839 bits per heavy atom. The van der Waals surface area contributed by atoms with Gasteiger partial charge in [0.15, 0.2) is 0 Å². The molecule has 5 nitrogen and oxygen atoms in total. The Morgan fingerprint density at radius 2 is 1.48 bits per heavy atom. The molecule has 0 fully saturated rings. The summed E-state index contributed by atoms with van der Waals surface area (Å²) < 4.78 is 38.8. The first-order valence-electron chi connectivity index (χ1n) is 9.04. The summed E-state index contributed by atoms with van der Waals surface area (Å²) in [5, 5.41) is 7.01. The third kappa shape index (κ3) is 5.55. The number of benzene rings is 3. The van der Waals surface area contributed by atoms with E-state index < -0.39 is 22.8 Å². The van der Waals surface area contributed by atoms with Crippen LogP contribution in [-0.2, 0) is 6.18 Å². The number of anilines is 2. The Kier molecular flexibility index (Phi) is 6.50. The predicted molar refractivity (Wildman–Crippen MR) is 114 cm³/mol. The van der Waals surface area contributed by atoms with Crippen LogP contribution in [0.15, 0.2) is 66.7 Å². The molecule has 160 valence electrons. The standard InChI is InChI=1S/C22H17ClF3N3O2/c1-27-20(30)15-4-2-3-14(11-15)13-5-7-16(8-6-13)28-21(31)29-17-9-10-19(23)18(12-17)22(24,25)26/h2-12H,1H3,(H,27,30)(H2,28,29,31). The second-order valence-electron chi connectivity index (χ2n) is 6.51. The van der Waals surface area contributed by atoms with Gasteiger partial charge in [-0.2, -0.15) is 13.2 Å². The number of hydrogen-bond acceptors (Lipinski definition) is 2. The molecule has 0 aromatic heterocycles. The smallest absolute Gasteiger partial charge is 0.355 e. The topological polar surface area (TPSA) is 70.2 Å². The molecule has 0 saturated heterocycles. The van der Waals surface area contributed by atoms with E-state index in [4.69, 9.17) is 11.6 Å². The molecule has 0 aliphatic heterocycles. The molecule has 0 saturated carbocycles. The number of rotatable bonds is 4. The molecule has 0 unspecified atom stereocenters. The Hall–Kier alpha value is -3.52. The highest BCUT2D eigenvalue weighted by atomic mass is 35.5. The maximum atomic E-state index is 12.9. The molecule has 0 spiro atoms. The van der Waals surface area contributed by atoms with E-state index in [2.05, 4.69) is 16.0 Å². The minimum atomic E-state index is -4.63. The number of amides is 3. The summed E-state index contributed by atoms with van der Waals surface area (Å²) in [5.41, 5.74) is 1.52. The molecule has 0 heterocycles. The van der Waals surface area contributed by atoms with E-state index in [1.54, 1.807) is 49.5 Å². The van der Waals surface area contributed by atoms with Gasteiger partial charge in [-0.05, 0) is 53.6 Å². The van der Waals surface area contributed by atoms with Crippen molar-refractivity contribution in [1.29, 1.82) is 0 Å². The van der Waals surface area contributed by atoms with Crippen molar-refractivity contribution in [2.24, 2.45) is 0 Å². The lowest BCUT2D eigenvalue weighted by atomic mass is 10.0. The number of halogens is 4. The summed E-state index contributed by atoms with van der Waals surface area (Å²) in [4.78, 5) is 23.9. The van der Waals surface area contributed by atoms with Gasteiger partial charge in [0, 0.05) is 24.0 Å². The van der Waals surface area contributed by atoms with Crippen molar-refractivity contribution in [1.82, 2.24) is 5.32 Å². The molecule has 0 atom stereocenters. The quantitative estimate of drug-likeness (QED) is 0.457. The van der Waals surface area contributed by atoms with Crippen molar-refractivity contribution in [2.45, 2.75) is 6.18 Å². The highest BCUT2D eigenvalue weighted by molar-refractivity contribution is 6.31.